The lowest BCUT2D eigenvalue weighted by atomic mass is 10.2. The van der Waals surface area contributed by atoms with E-state index >= 15 is 0 Å². The summed E-state index contributed by atoms with van der Waals surface area (Å²) in [5.41, 5.74) is 5.76. The Morgan fingerprint density at radius 3 is 2.76 bits per heavy atom. The maximum absolute atomic E-state index is 10.9. The smallest absolute Gasteiger partial charge is 0.296 e. The van der Waals surface area contributed by atoms with Crippen LogP contribution in [0.15, 0.2) is 12.1 Å². The molecule has 0 saturated heterocycles. The van der Waals surface area contributed by atoms with Crippen LogP contribution in [0.5, 0.6) is 11.5 Å². The zero-order valence-corrected chi connectivity index (χ0v) is 9.14. The van der Waals surface area contributed by atoms with Crippen LogP contribution < -0.4 is 20.5 Å². The Morgan fingerprint density at radius 1 is 1.41 bits per heavy atom. The molecule has 92 valence electrons. The molecule has 1 aliphatic heterocycles. The standard InChI is InChI=1S/C10H13N3O4/c11-2-1-3-12-7-4-9-10(17-6-16-9)5-8(7)13(14)15/h4-5,12H,1-3,6,11H2. The average molecular weight is 239 g/mol. The second-order valence-electron chi connectivity index (χ2n) is 3.55. The van der Waals surface area contributed by atoms with Gasteiger partial charge in [-0.05, 0) is 13.0 Å². The lowest BCUT2D eigenvalue weighted by Crippen LogP contribution is -2.09. The molecule has 1 aliphatic rings. The number of hydrogen-bond acceptors (Lipinski definition) is 6. The minimum absolute atomic E-state index is 0.0220. The summed E-state index contributed by atoms with van der Waals surface area (Å²) < 4.78 is 10.3. The van der Waals surface area contributed by atoms with Gasteiger partial charge in [0.05, 0.1) is 11.0 Å². The molecule has 0 unspecified atom stereocenters. The van der Waals surface area contributed by atoms with Crippen LogP contribution >= 0.6 is 0 Å². The molecule has 0 atom stereocenters. The lowest BCUT2D eigenvalue weighted by molar-refractivity contribution is -0.384. The first kappa shape index (κ1) is 11.5. The first-order valence-electron chi connectivity index (χ1n) is 5.24. The van der Waals surface area contributed by atoms with Crippen molar-refractivity contribution in [2.24, 2.45) is 5.73 Å². The van der Waals surface area contributed by atoms with Crippen LogP contribution in [0.25, 0.3) is 0 Å². The first-order valence-corrected chi connectivity index (χ1v) is 5.24. The quantitative estimate of drug-likeness (QED) is 0.453. The Balaban J connectivity index is 2.25. The summed E-state index contributed by atoms with van der Waals surface area (Å²) in [7, 11) is 0. The molecule has 7 nitrogen and oxygen atoms in total. The van der Waals surface area contributed by atoms with Crippen molar-refractivity contribution in [2.45, 2.75) is 6.42 Å². The molecular formula is C10H13N3O4. The number of ether oxygens (including phenoxy) is 2. The van der Waals surface area contributed by atoms with Gasteiger partial charge in [0.1, 0.15) is 5.69 Å². The number of benzene rings is 1. The SMILES string of the molecule is NCCCNc1cc2c(cc1[N+](=O)[O-])OCO2. The van der Waals surface area contributed by atoms with Gasteiger partial charge in [0.2, 0.25) is 6.79 Å². The highest BCUT2D eigenvalue weighted by molar-refractivity contribution is 5.68. The van der Waals surface area contributed by atoms with E-state index in [1.165, 1.54) is 6.07 Å². The van der Waals surface area contributed by atoms with Gasteiger partial charge in [-0.15, -0.1) is 0 Å². The summed E-state index contributed by atoms with van der Waals surface area (Å²) in [5.74, 6) is 0.923. The molecule has 0 aliphatic carbocycles. The van der Waals surface area contributed by atoms with Crippen LogP contribution in [0.3, 0.4) is 0 Å². The molecule has 0 radical (unpaired) electrons. The summed E-state index contributed by atoms with van der Waals surface area (Å²) in [6.07, 6.45) is 0.742. The van der Waals surface area contributed by atoms with E-state index in [1.54, 1.807) is 6.07 Å². The predicted molar refractivity (Wildman–Crippen MR) is 61.4 cm³/mol. The monoisotopic (exact) mass is 239 g/mol. The third-order valence-corrected chi connectivity index (χ3v) is 2.38. The van der Waals surface area contributed by atoms with Crippen LogP contribution in [-0.4, -0.2) is 24.8 Å². The summed E-state index contributed by atoms with van der Waals surface area (Å²) >= 11 is 0. The number of nitrogens with zero attached hydrogens (tertiary/aromatic N) is 1. The Bertz CT molecular complexity index is 436. The summed E-state index contributed by atoms with van der Waals surface area (Å²) in [4.78, 5) is 10.4. The zero-order valence-electron chi connectivity index (χ0n) is 9.14. The maximum atomic E-state index is 10.9. The van der Waals surface area contributed by atoms with Gasteiger partial charge < -0.3 is 20.5 Å². The second kappa shape index (κ2) is 4.88. The molecule has 0 bridgehead atoms. The second-order valence-corrected chi connectivity index (χ2v) is 3.55. The fourth-order valence-corrected chi connectivity index (χ4v) is 1.55. The van der Waals surface area contributed by atoms with Crippen LogP contribution in [0, 0.1) is 10.1 Å². The molecule has 0 amide bonds. The first-order chi connectivity index (χ1) is 8.22. The Labute approximate surface area is 97.7 Å². The van der Waals surface area contributed by atoms with Crippen molar-refractivity contribution in [1.82, 2.24) is 0 Å². The van der Waals surface area contributed by atoms with Crippen molar-refractivity contribution >= 4 is 11.4 Å². The van der Waals surface area contributed by atoms with Gasteiger partial charge in [-0.1, -0.05) is 0 Å². The Hall–Kier alpha value is -2.02. The highest BCUT2D eigenvalue weighted by Crippen LogP contribution is 2.40. The van der Waals surface area contributed by atoms with E-state index in [9.17, 15) is 10.1 Å². The van der Waals surface area contributed by atoms with E-state index < -0.39 is 4.92 Å². The van der Waals surface area contributed by atoms with Gasteiger partial charge in [0, 0.05) is 12.6 Å². The highest BCUT2D eigenvalue weighted by Gasteiger charge is 2.22. The normalized spacial score (nSPS) is 12.5. The highest BCUT2D eigenvalue weighted by atomic mass is 16.7. The average Bonchev–Trinajstić information content (AvgIpc) is 2.75. The van der Waals surface area contributed by atoms with Crippen LogP contribution in [-0.2, 0) is 0 Å². The molecule has 0 spiro atoms. The van der Waals surface area contributed by atoms with Crippen molar-refractivity contribution in [3.8, 4) is 11.5 Å². The van der Waals surface area contributed by atoms with Crippen molar-refractivity contribution < 1.29 is 14.4 Å². The number of nitro groups is 1. The van der Waals surface area contributed by atoms with Crippen molar-refractivity contribution in [1.29, 1.82) is 0 Å². The summed E-state index contributed by atoms with van der Waals surface area (Å²) in [6, 6.07) is 2.95. The molecule has 1 aromatic rings. The van der Waals surface area contributed by atoms with E-state index in [-0.39, 0.29) is 12.5 Å². The van der Waals surface area contributed by atoms with E-state index in [0.717, 1.165) is 6.42 Å². The minimum atomic E-state index is -0.452. The van der Waals surface area contributed by atoms with Crippen molar-refractivity contribution in [2.75, 3.05) is 25.2 Å². The number of anilines is 1. The number of rotatable bonds is 5. The predicted octanol–water partition coefficient (Wildman–Crippen LogP) is 1.08. The van der Waals surface area contributed by atoms with Crippen molar-refractivity contribution in [3.63, 3.8) is 0 Å². The zero-order chi connectivity index (χ0) is 12.3. The van der Waals surface area contributed by atoms with Crippen LogP contribution in [0.2, 0.25) is 0 Å². The van der Waals surface area contributed by atoms with Gasteiger partial charge in [-0.3, -0.25) is 10.1 Å². The molecule has 3 N–H and O–H groups in total. The number of nitrogens with two attached hydrogens (primary N) is 1. The molecule has 2 rings (SSSR count). The minimum Gasteiger partial charge on any atom is -0.454 e. The molecule has 0 aromatic heterocycles. The van der Waals surface area contributed by atoms with E-state index in [2.05, 4.69) is 5.32 Å². The fourth-order valence-electron chi connectivity index (χ4n) is 1.55. The van der Waals surface area contributed by atoms with Gasteiger partial charge in [-0.25, -0.2) is 0 Å². The molecule has 0 saturated carbocycles. The fraction of sp³-hybridized carbons (Fsp3) is 0.400. The molecular weight excluding hydrogens is 226 g/mol. The van der Waals surface area contributed by atoms with Gasteiger partial charge in [0.15, 0.2) is 11.5 Å². The summed E-state index contributed by atoms with van der Waals surface area (Å²) in [5, 5.41) is 13.9. The topological polar surface area (TPSA) is 99.7 Å². The van der Waals surface area contributed by atoms with Crippen LogP contribution in [0.4, 0.5) is 11.4 Å². The van der Waals surface area contributed by atoms with Gasteiger partial charge in [0.25, 0.3) is 5.69 Å². The molecule has 1 heterocycles. The van der Waals surface area contributed by atoms with E-state index in [0.29, 0.717) is 30.3 Å². The van der Waals surface area contributed by atoms with Gasteiger partial charge in [-0.2, -0.15) is 0 Å². The Morgan fingerprint density at radius 2 is 2.12 bits per heavy atom. The Kier molecular flexibility index (Phi) is 3.29. The number of nitro benzene ring substituents is 1. The number of fused-ring (bicyclic) bond motifs is 1. The van der Waals surface area contributed by atoms with Crippen LogP contribution in [0.1, 0.15) is 6.42 Å². The maximum Gasteiger partial charge on any atom is 0.296 e. The van der Waals surface area contributed by atoms with Gasteiger partial charge >= 0.3 is 0 Å². The number of hydrogen-bond donors (Lipinski definition) is 2. The third kappa shape index (κ3) is 2.39. The largest absolute Gasteiger partial charge is 0.454 e. The molecule has 17 heavy (non-hydrogen) atoms. The van der Waals surface area contributed by atoms with E-state index in [1.807, 2.05) is 0 Å². The summed E-state index contributed by atoms with van der Waals surface area (Å²) in [6.45, 7) is 1.21. The molecule has 7 heteroatoms. The molecule has 1 aromatic carbocycles. The van der Waals surface area contributed by atoms with Crippen molar-refractivity contribution in [3.05, 3.63) is 22.2 Å². The third-order valence-electron chi connectivity index (χ3n) is 2.38. The lowest BCUT2D eigenvalue weighted by Gasteiger charge is -2.07. The van der Waals surface area contributed by atoms with E-state index in [4.69, 9.17) is 15.2 Å². The number of nitrogens with one attached hydrogen (secondary N) is 1. The molecule has 0 fully saturated rings.